The van der Waals surface area contributed by atoms with E-state index in [9.17, 15) is 8.42 Å². The van der Waals surface area contributed by atoms with Gasteiger partial charge in [0.05, 0.1) is 18.7 Å². The second kappa shape index (κ2) is 5.85. The summed E-state index contributed by atoms with van der Waals surface area (Å²) in [5, 5.41) is 8.80. The van der Waals surface area contributed by atoms with Crippen LogP contribution in [0, 0.1) is 18.3 Å². The van der Waals surface area contributed by atoms with E-state index in [1.165, 1.54) is 37.4 Å². The zero-order chi connectivity index (χ0) is 15.5. The van der Waals surface area contributed by atoms with Crippen molar-refractivity contribution in [2.45, 2.75) is 11.8 Å². The highest BCUT2D eigenvalue weighted by atomic mass is 32.2. The summed E-state index contributed by atoms with van der Waals surface area (Å²) >= 11 is 0. The number of hydrogen-bond acceptors (Lipinski definition) is 5. The lowest BCUT2D eigenvalue weighted by molar-refractivity contribution is 0.411. The summed E-state index contributed by atoms with van der Waals surface area (Å²) in [5.41, 5.74) is 0.852. The molecular weight excluding hydrogens is 290 g/mol. The molecule has 0 unspecified atom stereocenters. The standard InChI is InChI=1S/C15H13NO4S/c1-11-8-12(10-16)6-7-15(11)21(17,18)20-14-5-3-4-13(9-14)19-2/h3-9H,1-2H3. The molecule has 0 spiro atoms. The molecule has 5 nitrogen and oxygen atoms in total. The van der Waals surface area contributed by atoms with E-state index in [4.69, 9.17) is 14.2 Å². The van der Waals surface area contributed by atoms with Crippen LogP contribution in [-0.4, -0.2) is 15.5 Å². The Labute approximate surface area is 123 Å². The van der Waals surface area contributed by atoms with Crippen LogP contribution in [0.4, 0.5) is 0 Å². The molecule has 0 fully saturated rings. The van der Waals surface area contributed by atoms with Crippen LogP contribution in [0.15, 0.2) is 47.4 Å². The van der Waals surface area contributed by atoms with Crippen molar-refractivity contribution in [1.29, 1.82) is 5.26 Å². The van der Waals surface area contributed by atoms with Gasteiger partial charge in [0.2, 0.25) is 0 Å². The number of methoxy groups -OCH3 is 1. The van der Waals surface area contributed by atoms with Gasteiger partial charge in [0.25, 0.3) is 0 Å². The molecule has 0 aliphatic heterocycles. The Kier molecular flexibility index (Phi) is 4.15. The molecule has 0 aliphatic carbocycles. The number of nitrogens with zero attached hydrogens (tertiary/aromatic N) is 1. The maximum atomic E-state index is 12.3. The highest BCUT2D eigenvalue weighted by Gasteiger charge is 2.19. The third kappa shape index (κ3) is 3.33. The minimum absolute atomic E-state index is 0.0318. The molecule has 0 atom stereocenters. The van der Waals surface area contributed by atoms with Crippen LogP contribution in [0.1, 0.15) is 11.1 Å². The Morgan fingerprint density at radius 3 is 2.43 bits per heavy atom. The summed E-state index contributed by atoms with van der Waals surface area (Å²) in [4.78, 5) is 0.0318. The number of rotatable bonds is 4. The van der Waals surface area contributed by atoms with E-state index in [0.29, 0.717) is 16.9 Å². The molecule has 2 aromatic rings. The zero-order valence-electron chi connectivity index (χ0n) is 11.5. The Morgan fingerprint density at radius 2 is 1.81 bits per heavy atom. The van der Waals surface area contributed by atoms with Crippen LogP contribution < -0.4 is 8.92 Å². The average Bonchev–Trinajstić information content (AvgIpc) is 2.46. The van der Waals surface area contributed by atoms with Crippen molar-refractivity contribution in [2.24, 2.45) is 0 Å². The van der Waals surface area contributed by atoms with Crippen LogP contribution in [-0.2, 0) is 10.1 Å². The van der Waals surface area contributed by atoms with Crippen molar-refractivity contribution in [3.63, 3.8) is 0 Å². The second-order valence-corrected chi connectivity index (χ2v) is 5.82. The average molecular weight is 303 g/mol. The molecule has 0 bridgehead atoms. The van der Waals surface area contributed by atoms with Gasteiger partial charge in [-0.05, 0) is 42.8 Å². The van der Waals surface area contributed by atoms with Gasteiger partial charge < -0.3 is 8.92 Å². The monoisotopic (exact) mass is 303 g/mol. The van der Waals surface area contributed by atoms with Gasteiger partial charge >= 0.3 is 10.1 Å². The van der Waals surface area contributed by atoms with E-state index < -0.39 is 10.1 Å². The largest absolute Gasteiger partial charge is 0.497 e. The van der Waals surface area contributed by atoms with Crippen LogP contribution in [0.25, 0.3) is 0 Å². The fourth-order valence-corrected chi connectivity index (χ4v) is 2.96. The molecule has 0 radical (unpaired) electrons. The van der Waals surface area contributed by atoms with Crippen molar-refractivity contribution in [3.8, 4) is 17.6 Å². The number of benzene rings is 2. The van der Waals surface area contributed by atoms with Crippen molar-refractivity contribution >= 4 is 10.1 Å². The molecule has 21 heavy (non-hydrogen) atoms. The third-order valence-corrected chi connectivity index (χ3v) is 4.23. The maximum absolute atomic E-state index is 12.3. The number of ether oxygens (including phenoxy) is 1. The van der Waals surface area contributed by atoms with Gasteiger partial charge in [0, 0.05) is 6.07 Å². The molecule has 0 aromatic heterocycles. The fraction of sp³-hybridized carbons (Fsp3) is 0.133. The Balaban J connectivity index is 2.36. The number of aryl methyl sites for hydroxylation is 1. The van der Waals surface area contributed by atoms with E-state index in [0.717, 1.165) is 0 Å². The summed E-state index contributed by atoms with van der Waals surface area (Å²) in [7, 11) is -2.47. The molecule has 2 aromatic carbocycles. The number of hydrogen-bond donors (Lipinski definition) is 0. The maximum Gasteiger partial charge on any atom is 0.339 e. The van der Waals surface area contributed by atoms with Gasteiger partial charge in [-0.1, -0.05) is 6.07 Å². The first kappa shape index (κ1) is 14.9. The Bertz CT molecular complexity index is 807. The lowest BCUT2D eigenvalue weighted by atomic mass is 10.2. The normalized spacial score (nSPS) is 10.7. The highest BCUT2D eigenvalue weighted by molar-refractivity contribution is 7.87. The minimum atomic E-state index is -3.96. The Hall–Kier alpha value is -2.52. The molecule has 6 heteroatoms. The lowest BCUT2D eigenvalue weighted by Crippen LogP contribution is -2.11. The van der Waals surface area contributed by atoms with Gasteiger partial charge in [-0.25, -0.2) is 0 Å². The third-order valence-electron chi connectivity index (χ3n) is 2.82. The summed E-state index contributed by atoms with van der Waals surface area (Å²) in [6.45, 7) is 1.61. The molecular formula is C15H13NO4S. The summed E-state index contributed by atoms with van der Waals surface area (Å²) in [6, 6.07) is 12.6. The molecule has 0 N–H and O–H groups in total. The predicted octanol–water partition coefficient (Wildman–Crippen LogP) is 2.64. The SMILES string of the molecule is COc1cccc(OS(=O)(=O)c2ccc(C#N)cc2C)c1. The summed E-state index contributed by atoms with van der Waals surface area (Å²) < 4.78 is 34.7. The van der Waals surface area contributed by atoms with Crippen LogP contribution in [0.5, 0.6) is 11.5 Å². The molecule has 2 rings (SSSR count). The first-order valence-corrected chi connectivity index (χ1v) is 7.46. The van der Waals surface area contributed by atoms with Crippen LogP contribution >= 0.6 is 0 Å². The van der Waals surface area contributed by atoms with Crippen molar-refractivity contribution in [2.75, 3.05) is 7.11 Å². The first-order valence-electron chi connectivity index (χ1n) is 6.05. The quantitative estimate of drug-likeness (QED) is 0.812. The van der Waals surface area contributed by atoms with Crippen molar-refractivity contribution in [3.05, 3.63) is 53.6 Å². The predicted molar refractivity (Wildman–Crippen MR) is 76.7 cm³/mol. The fourth-order valence-electron chi connectivity index (χ4n) is 1.82. The molecule has 0 amide bonds. The van der Waals surface area contributed by atoms with Crippen LogP contribution in [0.3, 0.4) is 0 Å². The summed E-state index contributed by atoms with van der Waals surface area (Å²) in [6.07, 6.45) is 0. The van der Waals surface area contributed by atoms with Gasteiger partial charge in [0.1, 0.15) is 16.4 Å². The second-order valence-electron chi connectivity index (χ2n) is 4.31. The minimum Gasteiger partial charge on any atom is -0.497 e. The van der Waals surface area contributed by atoms with Gasteiger partial charge in [-0.15, -0.1) is 0 Å². The molecule has 108 valence electrons. The van der Waals surface area contributed by atoms with Crippen LogP contribution in [0.2, 0.25) is 0 Å². The Morgan fingerprint density at radius 1 is 1.10 bits per heavy atom. The van der Waals surface area contributed by atoms with Gasteiger partial charge in [0.15, 0.2) is 0 Å². The van der Waals surface area contributed by atoms with E-state index in [-0.39, 0.29) is 10.6 Å². The smallest absolute Gasteiger partial charge is 0.339 e. The molecule has 0 heterocycles. The van der Waals surface area contributed by atoms with E-state index in [1.807, 2.05) is 6.07 Å². The summed E-state index contributed by atoms with van der Waals surface area (Å²) in [5.74, 6) is 0.664. The van der Waals surface area contributed by atoms with E-state index in [1.54, 1.807) is 19.1 Å². The van der Waals surface area contributed by atoms with Crippen molar-refractivity contribution < 1.29 is 17.3 Å². The van der Waals surface area contributed by atoms with Gasteiger partial charge in [-0.3, -0.25) is 0 Å². The molecule has 0 aliphatic rings. The van der Waals surface area contributed by atoms with Crippen molar-refractivity contribution in [1.82, 2.24) is 0 Å². The number of nitriles is 1. The first-order chi connectivity index (χ1) is 9.96. The molecule has 0 saturated heterocycles. The molecule has 0 saturated carbocycles. The van der Waals surface area contributed by atoms with E-state index in [2.05, 4.69) is 0 Å². The zero-order valence-corrected chi connectivity index (χ0v) is 12.3. The highest BCUT2D eigenvalue weighted by Crippen LogP contribution is 2.24. The van der Waals surface area contributed by atoms with Gasteiger partial charge in [-0.2, -0.15) is 13.7 Å². The lowest BCUT2D eigenvalue weighted by Gasteiger charge is -2.10. The van der Waals surface area contributed by atoms with E-state index >= 15 is 0 Å². The topological polar surface area (TPSA) is 76.4 Å².